The van der Waals surface area contributed by atoms with Crippen LogP contribution in [0.3, 0.4) is 0 Å². The summed E-state index contributed by atoms with van der Waals surface area (Å²) in [6, 6.07) is 7.32. The molecule has 0 bridgehead atoms. The SMILES string of the molecule is COc1cc(N2c3cc4c(cc3C(=O)CC2C)OCO4)cc(OC)c1OC. The molecule has 142 valence electrons. The number of methoxy groups -OCH3 is 3. The number of anilines is 2. The summed E-state index contributed by atoms with van der Waals surface area (Å²) in [7, 11) is 4.73. The first-order chi connectivity index (χ1) is 13.1. The second-order valence-electron chi connectivity index (χ2n) is 6.45. The minimum atomic E-state index is -0.0480. The van der Waals surface area contributed by atoms with Crippen molar-refractivity contribution in [3.8, 4) is 28.7 Å². The van der Waals surface area contributed by atoms with E-state index in [0.717, 1.165) is 11.4 Å². The topological polar surface area (TPSA) is 66.5 Å². The van der Waals surface area contributed by atoms with E-state index >= 15 is 0 Å². The van der Waals surface area contributed by atoms with Gasteiger partial charge in [0.05, 0.1) is 27.0 Å². The summed E-state index contributed by atoms with van der Waals surface area (Å²) < 4.78 is 27.3. The van der Waals surface area contributed by atoms with E-state index in [9.17, 15) is 4.79 Å². The molecule has 0 amide bonds. The number of carbonyl (C=O) groups is 1. The molecule has 0 aliphatic carbocycles. The van der Waals surface area contributed by atoms with Gasteiger partial charge in [-0.15, -0.1) is 0 Å². The van der Waals surface area contributed by atoms with Crippen LogP contribution >= 0.6 is 0 Å². The minimum Gasteiger partial charge on any atom is -0.493 e. The first-order valence-corrected chi connectivity index (χ1v) is 8.63. The monoisotopic (exact) mass is 371 g/mol. The van der Waals surface area contributed by atoms with Gasteiger partial charge in [-0.25, -0.2) is 0 Å². The fraction of sp³-hybridized carbons (Fsp3) is 0.350. The maximum atomic E-state index is 12.6. The summed E-state index contributed by atoms with van der Waals surface area (Å²) in [5, 5.41) is 0. The van der Waals surface area contributed by atoms with Gasteiger partial charge in [-0.1, -0.05) is 0 Å². The molecule has 0 fully saturated rings. The molecule has 0 saturated heterocycles. The highest BCUT2D eigenvalue weighted by molar-refractivity contribution is 6.06. The van der Waals surface area contributed by atoms with Crippen molar-refractivity contribution in [2.45, 2.75) is 19.4 Å². The minimum absolute atomic E-state index is 0.0480. The van der Waals surface area contributed by atoms with Crippen molar-refractivity contribution >= 4 is 17.2 Å². The Kier molecular flexibility index (Phi) is 4.22. The van der Waals surface area contributed by atoms with Crippen LogP contribution in [-0.2, 0) is 0 Å². The Morgan fingerprint density at radius 3 is 2.19 bits per heavy atom. The summed E-state index contributed by atoms with van der Waals surface area (Å²) in [5.74, 6) is 2.95. The number of Topliss-reactive ketones (excluding diaryl/α,β-unsaturated/α-hetero) is 1. The lowest BCUT2D eigenvalue weighted by Gasteiger charge is -2.36. The third-order valence-electron chi connectivity index (χ3n) is 4.90. The number of hydrogen-bond donors (Lipinski definition) is 0. The first-order valence-electron chi connectivity index (χ1n) is 8.63. The molecular formula is C20H21NO6. The molecule has 2 aromatic rings. The molecule has 7 nitrogen and oxygen atoms in total. The summed E-state index contributed by atoms with van der Waals surface area (Å²) in [5.41, 5.74) is 2.23. The van der Waals surface area contributed by atoms with Gasteiger partial charge >= 0.3 is 0 Å². The fourth-order valence-corrected chi connectivity index (χ4v) is 3.66. The molecule has 2 heterocycles. The number of fused-ring (bicyclic) bond motifs is 2. The maximum absolute atomic E-state index is 12.6. The van der Waals surface area contributed by atoms with E-state index in [0.29, 0.717) is 40.7 Å². The molecule has 2 aliphatic heterocycles. The highest BCUT2D eigenvalue weighted by Gasteiger charge is 2.33. The number of hydrogen-bond acceptors (Lipinski definition) is 7. The standard InChI is InChI=1S/C20H21NO6/c1-11-5-15(22)13-8-16-17(27-10-26-16)9-14(13)21(11)12-6-18(23-2)20(25-4)19(7-12)24-3/h6-9,11H,5,10H2,1-4H3. The lowest BCUT2D eigenvalue weighted by Crippen LogP contribution is -2.36. The van der Waals surface area contributed by atoms with Gasteiger partial charge in [0.15, 0.2) is 28.8 Å². The number of benzene rings is 2. The Labute approximate surface area is 157 Å². The molecule has 0 radical (unpaired) electrons. The molecule has 27 heavy (non-hydrogen) atoms. The Morgan fingerprint density at radius 1 is 0.963 bits per heavy atom. The maximum Gasteiger partial charge on any atom is 0.231 e. The molecule has 7 heteroatoms. The predicted molar refractivity (Wildman–Crippen MR) is 99.2 cm³/mol. The van der Waals surface area contributed by atoms with E-state index < -0.39 is 0 Å². The molecule has 1 unspecified atom stereocenters. The number of ketones is 1. The quantitative estimate of drug-likeness (QED) is 0.814. The lowest BCUT2D eigenvalue weighted by atomic mass is 9.94. The molecule has 4 rings (SSSR count). The van der Waals surface area contributed by atoms with Gasteiger partial charge in [0.1, 0.15) is 0 Å². The summed E-state index contributed by atoms with van der Waals surface area (Å²) in [6.07, 6.45) is 0.392. The van der Waals surface area contributed by atoms with Gasteiger partial charge in [-0.05, 0) is 13.0 Å². The first kappa shape index (κ1) is 17.3. The van der Waals surface area contributed by atoms with E-state index in [-0.39, 0.29) is 18.6 Å². The highest BCUT2D eigenvalue weighted by Crippen LogP contribution is 2.48. The van der Waals surface area contributed by atoms with Crippen molar-refractivity contribution < 1.29 is 28.5 Å². The van der Waals surface area contributed by atoms with Crippen LogP contribution < -0.4 is 28.6 Å². The van der Waals surface area contributed by atoms with E-state index in [4.69, 9.17) is 23.7 Å². The summed E-state index contributed by atoms with van der Waals surface area (Å²) in [6.45, 7) is 2.17. The van der Waals surface area contributed by atoms with Crippen molar-refractivity contribution in [2.24, 2.45) is 0 Å². The van der Waals surface area contributed by atoms with Crippen LogP contribution in [0.2, 0.25) is 0 Å². The number of nitrogens with zero attached hydrogens (tertiary/aromatic N) is 1. The highest BCUT2D eigenvalue weighted by atomic mass is 16.7. The summed E-state index contributed by atoms with van der Waals surface area (Å²) in [4.78, 5) is 14.7. The molecule has 0 spiro atoms. The molecular weight excluding hydrogens is 350 g/mol. The zero-order chi connectivity index (χ0) is 19.1. The van der Waals surface area contributed by atoms with Gasteiger partial charge in [-0.3, -0.25) is 4.79 Å². The van der Waals surface area contributed by atoms with Crippen molar-refractivity contribution in [2.75, 3.05) is 33.0 Å². The number of carbonyl (C=O) groups excluding carboxylic acids is 1. The van der Waals surface area contributed by atoms with Gasteiger partial charge < -0.3 is 28.6 Å². The van der Waals surface area contributed by atoms with E-state index in [1.165, 1.54) is 0 Å². The third kappa shape index (κ3) is 2.70. The Morgan fingerprint density at radius 2 is 1.59 bits per heavy atom. The van der Waals surface area contributed by atoms with Crippen LogP contribution in [0.4, 0.5) is 11.4 Å². The van der Waals surface area contributed by atoms with Crippen molar-refractivity contribution in [1.29, 1.82) is 0 Å². The van der Waals surface area contributed by atoms with Crippen LogP contribution in [0.5, 0.6) is 28.7 Å². The van der Waals surface area contributed by atoms with Crippen LogP contribution in [-0.4, -0.2) is 39.9 Å². The smallest absolute Gasteiger partial charge is 0.231 e. The molecule has 1 atom stereocenters. The predicted octanol–water partition coefficient (Wildman–Crippen LogP) is 3.55. The Hall–Kier alpha value is -3.09. The third-order valence-corrected chi connectivity index (χ3v) is 4.90. The average molecular weight is 371 g/mol. The van der Waals surface area contributed by atoms with Gasteiger partial charge in [0, 0.05) is 41.9 Å². The molecule has 0 aromatic heterocycles. The van der Waals surface area contributed by atoms with E-state index in [2.05, 4.69) is 4.90 Å². The van der Waals surface area contributed by atoms with Crippen LogP contribution in [0.25, 0.3) is 0 Å². The van der Waals surface area contributed by atoms with Crippen LogP contribution in [0, 0.1) is 0 Å². The molecule has 0 saturated carbocycles. The van der Waals surface area contributed by atoms with Gasteiger partial charge in [0.2, 0.25) is 12.5 Å². The molecule has 2 aromatic carbocycles. The zero-order valence-electron chi connectivity index (χ0n) is 15.7. The largest absolute Gasteiger partial charge is 0.493 e. The van der Waals surface area contributed by atoms with Crippen molar-refractivity contribution in [1.82, 2.24) is 0 Å². The Balaban J connectivity index is 1.90. The number of rotatable bonds is 4. The van der Waals surface area contributed by atoms with E-state index in [1.54, 1.807) is 27.4 Å². The van der Waals surface area contributed by atoms with Crippen LogP contribution in [0.15, 0.2) is 24.3 Å². The van der Waals surface area contributed by atoms with Crippen molar-refractivity contribution in [3.05, 3.63) is 29.8 Å². The van der Waals surface area contributed by atoms with Crippen LogP contribution in [0.1, 0.15) is 23.7 Å². The average Bonchev–Trinajstić information content (AvgIpc) is 3.13. The number of ether oxygens (including phenoxy) is 5. The lowest BCUT2D eigenvalue weighted by molar-refractivity contribution is 0.0970. The second-order valence-corrected chi connectivity index (χ2v) is 6.45. The fourth-order valence-electron chi connectivity index (χ4n) is 3.66. The van der Waals surface area contributed by atoms with Crippen molar-refractivity contribution in [3.63, 3.8) is 0 Å². The van der Waals surface area contributed by atoms with Gasteiger partial charge in [0.25, 0.3) is 0 Å². The van der Waals surface area contributed by atoms with E-state index in [1.807, 2.05) is 25.1 Å². The van der Waals surface area contributed by atoms with Gasteiger partial charge in [-0.2, -0.15) is 0 Å². The molecule has 0 N–H and O–H groups in total. The normalized spacial score (nSPS) is 17.6. The second kappa shape index (κ2) is 6.57. The Bertz CT molecular complexity index is 885. The zero-order valence-corrected chi connectivity index (χ0v) is 15.7. The molecule has 2 aliphatic rings. The summed E-state index contributed by atoms with van der Waals surface area (Å²) >= 11 is 0.